The maximum atomic E-state index is 4.43. The highest BCUT2D eigenvalue weighted by Crippen LogP contribution is 2.56. The van der Waals surface area contributed by atoms with E-state index in [0.29, 0.717) is 0 Å². The summed E-state index contributed by atoms with van der Waals surface area (Å²) in [5, 5.41) is 7.81. The molecule has 0 unspecified atom stereocenters. The zero-order valence-electron chi connectivity index (χ0n) is 22.1. The van der Waals surface area contributed by atoms with Crippen LogP contribution in [-0.4, -0.2) is 18.0 Å². The Balaban J connectivity index is 1.66. The normalized spacial score (nSPS) is 14.9. The highest BCUT2D eigenvalue weighted by molar-refractivity contribution is 7.13. The number of aromatic nitrogens is 2. The van der Waals surface area contributed by atoms with Gasteiger partial charge in [0, 0.05) is 35.6 Å². The van der Waals surface area contributed by atoms with Crippen LogP contribution in [0.3, 0.4) is 0 Å². The lowest BCUT2D eigenvalue weighted by Crippen LogP contribution is -2.28. The molecule has 6 aromatic rings. The quantitative estimate of drug-likeness (QED) is 0.218. The van der Waals surface area contributed by atoms with E-state index in [1.54, 1.807) is 0 Å². The first-order valence-electron chi connectivity index (χ1n) is 13.4. The molecule has 0 bridgehead atoms. The molecule has 0 aliphatic carbocycles. The molecule has 0 spiro atoms. The van der Waals surface area contributed by atoms with E-state index in [0.717, 1.165) is 0 Å². The summed E-state index contributed by atoms with van der Waals surface area (Å²) >= 11 is 0. The first-order valence-corrected chi connectivity index (χ1v) is 16.4. The molecule has 0 radical (unpaired) electrons. The summed E-state index contributed by atoms with van der Waals surface area (Å²) in [5.41, 5.74) is 7.85. The number of allylic oxidation sites excluding steroid dienone is 2. The van der Waals surface area contributed by atoms with Gasteiger partial charge in [-0.05, 0) is 66.7 Å². The zero-order valence-corrected chi connectivity index (χ0v) is 23.1. The molecule has 186 valence electrons. The SMILES string of the molecule is C[Si]1(C)C(c2cccc3cnccc23)=C(c2ccccc2)C(c2ccccc2)=C1c1cccc2cnccc12. The number of fused-ring (bicyclic) bond motifs is 2. The Morgan fingerprint density at radius 3 is 1.33 bits per heavy atom. The fraction of sp³-hybridized carbons (Fsp3) is 0.0556. The van der Waals surface area contributed by atoms with Crippen molar-refractivity contribution >= 4 is 51.2 Å². The van der Waals surface area contributed by atoms with Crippen LogP contribution in [0.5, 0.6) is 0 Å². The minimum atomic E-state index is -2.29. The van der Waals surface area contributed by atoms with Crippen molar-refractivity contribution in [3.63, 3.8) is 0 Å². The zero-order chi connectivity index (χ0) is 26.4. The fourth-order valence-corrected chi connectivity index (χ4v) is 10.2. The molecule has 1 aliphatic rings. The van der Waals surface area contributed by atoms with Gasteiger partial charge in [0.25, 0.3) is 0 Å². The molecule has 1 aliphatic heterocycles. The van der Waals surface area contributed by atoms with E-state index in [-0.39, 0.29) is 0 Å². The standard InChI is InChI=1S/C36H28N2Si/c1-39(2)35(31-17-9-15-27-23-37-21-19-29(27)31)33(25-11-5-3-6-12-25)34(26-13-7-4-8-14-26)36(39)32-18-10-16-28-24-38-22-20-30(28)32/h3-24H,1-2H3. The van der Waals surface area contributed by atoms with Gasteiger partial charge in [0.15, 0.2) is 0 Å². The summed E-state index contributed by atoms with van der Waals surface area (Å²) in [6, 6.07) is 39.6. The van der Waals surface area contributed by atoms with Gasteiger partial charge in [-0.2, -0.15) is 0 Å². The van der Waals surface area contributed by atoms with Crippen LogP contribution in [0.4, 0.5) is 0 Å². The highest BCUT2D eigenvalue weighted by Gasteiger charge is 2.44. The topological polar surface area (TPSA) is 25.8 Å². The third-order valence-electron chi connectivity index (χ3n) is 8.03. The number of hydrogen-bond donors (Lipinski definition) is 0. The Labute approximate surface area is 230 Å². The lowest BCUT2D eigenvalue weighted by Gasteiger charge is -2.28. The van der Waals surface area contributed by atoms with Crippen molar-refractivity contribution in [1.82, 2.24) is 9.97 Å². The van der Waals surface area contributed by atoms with E-state index in [1.165, 1.54) is 65.3 Å². The highest BCUT2D eigenvalue weighted by atomic mass is 28.3. The van der Waals surface area contributed by atoms with E-state index >= 15 is 0 Å². The third kappa shape index (κ3) is 3.77. The molecule has 0 N–H and O–H groups in total. The van der Waals surface area contributed by atoms with Crippen LogP contribution in [0, 0.1) is 0 Å². The summed E-state index contributed by atoms with van der Waals surface area (Å²) in [6.45, 7) is 5.05. The van der Waals surface area contributed by atoms with Crippen molar-refractivity contribution in [2.45, 2.75) is 13.1 Å². The maximum Gasteiger partial charge on any atom is 0.115 e. The molecule has 3 heterocycles. The molecule has 0 atom stereocenters. The first-order chi connectivity index (χ1) is 19.1. The van der Waals surface area contributed by atoms with Gasteiger partial charge < -0.3 is 0 Å². The van der Waals surface area contributed by atoms with Gasteiger partial charge in [-0.1, -0.05) is 110 Å². The average molecular weight is 517 g/mol. The smallest absolute Gasteiger partial charge is 0.115 e. The molecule has 7 rings (SSSR count). The van der Waals surface area contributed by atoms with Crippen molar-refractivity contribution < 1.29 is 0 Å². The molecule has 0 amide bonds. The van der Waals surface area contributed by atoms with Gasteiger partial charge >= 0.3 is 0 Å². The average Bonchev–Trinajstić information content (AvgIpc) is 3.24. The lowest BCUT2D eigenvalue weighted by atomic mass is 9.88. The van der Waals surface area contributed by atoms with Gasteiger partial charge in [-0.25, -0.2) is 0 Å². The second-order valence-corrected chi connectivity index (χ2v) is 14.9. The van der Waals surface area contributed by atoms with E-state index in [2.05, 4.69) is 132 Å². The van der Waals surface area contributed by atoms with Crippen molar-refractivity contribution in [2.24, 2.45) is 0 Å². The minimum Gasteiger partial charge on any atom is -0.264 e. The van der Waals surface area contributed by atoms with E-state index in [4.69, 9.17) is 0 Å². The van der Waals surface area contributed by atoms with Crippen LogP contribution >= 0.6 is 0 Å². The van der Waals surface area contributed by atoms with E-state index < -0.39 is 8.07 Å². The second-order valence-electron chi connectivity index (χ2n) is 10.7. The van der Waals surface area contributed by atoms with Gasteiger partial charge in [-0.3, -0.25) is 9.97 Å². The molecule has 2 nitrogen and oxygen atoms in total. The van der Waals surface area contributed by atoms with Crippen molar-refractivity contribution in [3.8, 4) is 0 Å². The number of benzene rings is 4. The van der Waals surface area contributed by atoms with Crippen LogP contribution < -0.4 is 0 Å². The molecular weight excluding hydrogens is 488 g/mol. The van der Waals surface area contributed by atoms with Gasteiger partial charge in [0.1, 0.15) is 8.07 Å². The first kappa shape index (κ1) is 23.5. The molecule has 3 heteroatoms. The monoisotopic (exact) mass is 516 g/mol. The molecule has 2 aromatic heterocycles. The minimum absolute atomic E-state index is 1.17. The summed E-state index contributed by atoms with van der Waals surface area (Å²) in [7, 11) is -2.29. The molecular formula is C36H28N2Si. The second kappa shape index (κ2) is 9.30. The Bertz CT molecular complexity index is 1770. The molecule has 39 heavy (non-hydrogen) atoms. The summed E-state index contributed by atoms with van der Waals surface area (Å²) in [5.74, 6) is 0. The van der Waals surface area contributed by atoms with Crippen molar-refractivity contribution in [2.75, 3.05) is 0 Å². The third-order valence-corrected chi connectivity index (χ3v) is 11.6. The summed E-state index contributed by atoms with van der Waals surface area (Å²) < 4.78 is 0. The Morgan fingerprint density at radius 1 is 0.462 bits per heavy atom. The van der Waals surface area contributed by atoms with E-state index in [9.17, 15) is 0 Å². The number of nitrogens with zero attached hydrogens (tertiary/aromatic N) is 2. The largest absolute Gasteiger partial charge is 0.264 e. The van der Waals surface area contributed by atoms with Crippen LogP contribution in [0.2, 0.25) is 13.1 Å². The maximum absolute atomic E-state index is 4.43. The molecule has 0 saturated heterocycles. The van der Waals surface area contributed by atoms with Crippen LogP contribution in [-0.2, 0) is 0 Å². The Hall–Kier alpha value is -4.60. The Morgan fingerprint density at radius 2 is 0.897 bits per heavy atom. The van der Waals surface area contributed by atoms with Crippen molar-refractivity contribution in [3.05, 3.63) is 156 Å². The van der Waals surface area contributed by atoms with Crippen LogP contribution in [0.1, 0.15) is 22.3 Å². The number of rotatable bonds is 4. The Kier molecular flexibility index (Phi) is 5.61. The number of hydrogen-bond acceptors (Lipinski definition) is 2. The predicted molar refractivity (Wildman–Crippen MR) is 167 cm³/mol. The molecule has 0 fully saturated rings. The van der Waals surface area contributed by atoms with E-state index in [1.807, 2.05) is 24.8 Å². The number of pyridine rings is 2. The van der Waals surface area contributed by atoms with Crippen molar-refractivity contribution in [1.29, 1.82) is 0 Å². The molecule has 4 aromatic carbocycles. The summed E-state index contributed by atoms with van der Waals surface area (Å²) in [6.07, 6.45) is 7.80. The summed E-state index contributed by atoms with van der Waals surface area (Å²) in [4.78, 5) is 8.86. The van der Waals surface area contributed by atoms with Crippen LogP contribution in [0.15, 0.2) is 134 Å². The van der Waals surface area contributed by atoms with Gasteiger partial charge in [0.2, 0.25) is 0 Å². The lowest BCUT2D eigenvalue weighted by molar-refractivity contribution is 1.36. The van der Waals surface area contributed by atoms with Gasteiger partial charge in [-0.15, -0.1) is 0 Å². The van der Waals surface area contributed by atoms with Gasteiger partial charge in [0.05, 0.1) is 0 Å². The fourth-order valence-electron chi connectivity index (χ4n) is 6.41. The predicted octanol–water partition coefficient (Wildman–Crippen LogP) is 9.11. The molecule has 0 saturated carbocycles. The van der Waals surface area contributed by atoms with Crippen LogP contribution in [0.25, 0.3) is 43.1 Å².